The van der Waals surface area contributed by atoms with Gasteiger partial charge in [-0.15, -0.1) is 11.6 Å². The van der Waals surface area contributed by atoms with Gasteiger partial charge in [-0.25, -0.2) is 8.78 Å². The molecule has 2 rings (SSSR count). The molecule has 0 saturated carbocycles. The molecule has 2 aromatic carbocycles. The van der Waals surface area contributed by atoms with E-state index in [0.717, 1.165) is 11.6 Å². The molecule has 0 heterocycles. The zero-order valence-electron chi connectivity index (χ0n) is 11.2. The molecule has 1 N–H and O–H groups in total. The summed E-state index contributed by atoms with van der Waals surface area (Å²) in [5.74, 6) is -0.794. The molecule has 0 amide bonds. The van der Waals surface area contributed by atoms with E-state index in [-0.39, 0.29) is 0 Å². The van der Waals surface area contributed by atoms with Crippen LogP contribution in [0.5, 0.6) is 0 Å². The SMILES string of the molecule is CC(CCl)(NCc1cc(F)cc(F)c1)c1ccccc1. The van der Waals surface area contributed by atoms with E-state index >= 15 is 0 Å². The minimum Gasteiger partial charge on any atom is -0.303 e. The van der Waals surface area contributed by atoms with Crippen molar-refractivity contribution in [1.29, 1.82) is 0 Å². The van der Waals surface area contributed by atoms with Gasteiger partial charge in [0.2, 0.25) is 0 Å². The predicted molar refractivity (Wildman–Crippen MR) is 77.7 cm³/mol. The Balaban J connectivity index is 2.15. The highest BCUT2D eigenvalue weighted by Crippen LogP contribution is 2.23. The first kappa shape index (κ1) is 14.9. The molecule has 4 heteroatoms. The smallest absolute Gasteiger partial charge is 0.126 e. The number of rotatable bonds is 5. The van der Waals surface area contributed by atoms with Gasteiger partial charge in [0.25, 0.3) is 0 Å². The van der Waals surface area contributed by atoms with Gasteiger partial charge in [-0.2, -0.15) is 0 Å². The Morgan fingerprint density at radius 2 is 1.65 bits per heavy atom. The normalized spacial score (nSPS) is 14.0. The monoisotopic (exact) mass is 295 g/mol. The van der Waals surface area contributed by atoms with E-state index in [1.54, 1.807) is 0 Å². The lowest BCUT2D eigenvalue weighted by Crippen LogP contribution is -2.40. The van der Waals surface area contributed by atoms with Gasteiger partial charge in [-0.05, 0) is 30.2 Å². The standard InChI is InChI=1S/C16H16ClF2N/c1-16(11-17,13-5-3-2-4-6-13)20-10-12-7-14(18)9-15(19)8-12/h2-9,20H,10-11H2,1H3. The van der Waals surface area contributed by atoms with Crippen LogP contribution in [-0.4, -0.2) is 5.88 Å². The number of hydrogen-bond donors (Lipinski definition) is 1. The fourth-order valence-corrected chi connectivity index (χ4v) is 2.29. The Hall–Kier alpha value is -1.45. The van der Waals surface area contributed by atoms with Gasteiger partial charge < -0.3 is 5.32 Å². The van der Waals surface area contributed by atoms with E-state index in [9.17, 15) is 8.78 Å². The molecule has 20 heavy (non-hydrogen) atoms. The van der Waals surface area contributed by atoms with E-state index in [1.165, 1.54) is 12.1 Å². The average Bonchev–Trinajstić information content (AvgIpc) is 2.45. The molecule has 0 aliphatic rings. The Morgan fingerprint density at radius 1 is 1.05 bits per heavy atom. The molecule has 0 fully saturated rings. The molecule has 1 atom stereocenters. The maximum Gasteiger partial charge on any atom is 0.126 e. The molecule has 0 spiro atoms. The Bertz CT molecular complexity index is 554. The van der Waals surface area contributed by atoms with Crippen molar-refractivity contribution in [2.75, 3.05) is 5.88 Å². The quantitative estimate of drug-likeness (QED) is 0.815. The summed E-state index contributed by atoms with van der Waals surface area (Å²) in [4.78, 5) is 0. The zero-order chi connectivity index (χ0) is 14.6. The predicted octanol–water partition coefficient (Wildman–Crippen LogP) is 4.21. The third-order valence-electron chi connectivity index (χ3n) is 3.28. The van der Waals surface area contributed by atoms with Crippen molar-refractivity contribution < 1.29 is 8.78 Å². The van der Waals surface area contributed by atoms with Crippen LogP contribution in [-0.2, 0) is 12.1 Å². The summed E-state index contributed by atoms with van der Waals surface area (Å²) in [6, 6.07) is 13.2. The van der Waals surface area contributed by atoms with Crippen molar-refractivity contribution >= 4 is 11.6 Å². The second-order valence-electron chi connectivity index (χ2n) is 4.96. The molecular weight excluding hydrogens is 280 g/mol. The highest BCUT2D eigenvalue weighted by Gasteiger charge is 2.24. The molecule has 0 aromatic heterocycles. The van der Waals surface area contributed by atoms with Crippen LogP contribution in [0.15, 0.2) is 48.5 Å². The molecule has 0 aliphatic heterocycles. The summed E-state index contributed by atoms with van der Waals surface area (Å²) in [7, 11) is 0. The van der Waals surface area contributed by atoms with Crippen LogP contribution in [0.4, 0.5) is 8.78 Å². The van der Waals surface area contributed by atoms with Gasteiger partial charge in [0.05, 0.1) is 5.54 Å². The maximum absolute atomic E-state index is 13.2. The fraction of sp³-hybridized carbons (Fsp3) is 0.250. The molecule has 0 radical (unpaired) electrons. The number of hydrogen-bond acceptors (Lipinski definition) is 1. The number of alkyl halides is 1. The highest BCUT2D eigenvalue weighted by molar-refractivity contribution is 6.18. The van der Waals surface area contributed by atoms with Crippen LogP contribution in [0.1, 0.15) is 18.1 Å². The van der Waals surface area contributed by atoms with Crippen molar-refractivity contribution in [2.24, 2.45) is 0 Å². The summed E-state index contributed by atoms with van der Waals surface area (Å²) >= 11 is 6.06. The average molecular weight is 296 g/mol. The molecular formula is C16H16ClF2N. The molecule has 0 bridgehead atoms. The lowest BCUT2D eigenvalue weighted by molar-refractivity contribution is 0.405. The van der Waals surface area contributed by atoms with Crippen LogP contribution in [0.3, 0.4) is 0 Å². The van der Waals surface area contributed by atoms with Crippen molar-refractivity contribution in [3.05, 3.63) is 71.3 Å². The molecule has 0 aliphatic carbocycles. The Morgan fingerprint density at radius 3 is 2.20 bits per heavy atom. The first-order valence-electron chi connectivity index (χ1n) is 6.35. The van der Waals surface area contributed by atoms with Crippen LogP contribution >= 0.6 is 11.6 Å². The second kappa shape index (κ2) is 6.33. The van der Waals surface area contributed by atoms with Crippen molar-refractivity contribution in [1.82, 2.24) is 5.32 Å². The zero-order valence-corrected chi connectivity index (χ0v) is 11.9. The van der Waals surface area contributed by atoms with Gasteiger partial charge in [0.1, 0.15) is 11.6 Å². The maximum atomic E-state index is 13.2. The van der Waals surface area contributed by atoms with Crippen molar-refractivity contribution in [3.63, 3.8) is 0 Å². The van der Waals surface area contributed by atoms with E-state index in [0.29, 0.717) is 18.0 Å². The van der Waals surface area contributed by atoms with E-state index in [2.05, 4.69) is 5.32 Å². The molecule has 1 unspecified atom stereocenters. The summed E-state index contributed by atoms with van der Waals surface area (Å²) in [5, 5.41) is 3.27. The Kier molecular flexibility index (Phi) is 4.73. The topological polar surface area (TPSA) is 12.0 Å². The lowest BCUT2D eigenvalue weighted by atomic mass is 9.94. The minimum absolute atomic E-state index is 0.340. The third-order valence-corrected chi connectivity index (χ3v) is 3.82. The second-order valence-corrected chi connectivity index (χ2v) is 5.23. The highest BCUT2D eigenvalue weighted by atomic mass is 35.5. The van der Waals surface area contributed by atoms with E-state index in [1.807, 2.05) is 37.3 Å². The van der Waals surface area contributed by atoms with E-state index < -0.39 is 17.2 Å². The summed E-state index contributed by atoms with van der Waals surface area (Å²) in [6.45, 7) is 2.30. The number of benzene rings is 2. The fourth-order valence-electron chi connectivity index (χ4n) is 2.04. The largest absolute Gasteiger partial charge is 0.303 e. The molecule has 1 nitrogen and oxygen atoms in total. The number of nitrogens with one attached hydrogen (secondary N) is 1. The van der Waals surface area contributed by atoms with Crippen LogP contribution in [0, 0.1) is 11.6 Å². The molecule has 106 valence electrons. The molecule has 0 saturated heterocycles. The van der Waals surface area contributed by atoms with Gasteiger partial charge in [0.15, 0.2) is 0 Å². The van der Waals surface area contributed by atoms with Gasteiger partial charge >= 0.3 is 0 Å². The summed E-state index contributed by atoms with van der Waals surface area (Å²) in [6.07, 6.45) is 0. The Labute approximate surface area is 122 Å². The van der Waals surface area contributed by atoms with Crippen molar-refractivity contribution in [2.45, 2.75) is 19.0 Å². The van der Waals surface area contributed by atoms with Crippen LogP contribution in [0.25, 0.3) is 0 Å². The first-order valence-corrected chi connectivity index (χ1v) is 6.88. The van der Waals surface area contributed by atoms with Gasteiger partial charge in [-0.1, -0.05) is 30.3 Å². The third kappa shape index (κ3) is 3.56. The molecule has 2 aromatic rings. The van der Waals surface area contributed by atoms with Gasteiger partial charge in [0, 0.05) is 18.5 Å². The lowest BCUT2D eigenvalue weighted by Gasteiger charge is -2.29. The number of halogens is 3. The van der Waals surface area contributed by atoms with Crippen LogP contribution < -0.4 is 5.32 Å². The summed E-state index contributed by atoms with van der Waals surface area (Å²) in [5.41, 5.74) is 1.13. The van der Waals surface area contributed by atoms with Gasteiger partial charge in [-0.3, -0.25) is 0 Å². The van der Waals surface area contributed by atoms with Crippen molar-refractivity contribution in [3.8, 4) is 0 Å². The first-order chi connectivity index (χ1) is 9.53. The van der Waals surface area contributed by atoms with Crippen LogP contribution in [0.2, 0.25) is 0 Å². The van der Waals surface area contributed by atoms with E-state index in [4.69, 9.17) is 11.6 Å². The minimum atomic E-state index is -0.575. The summed E-state index contributed by atoms with van der Waals surface area (Å²) < 4.78 is 26.3.